The van der Waals surface area contributed by atoms with Crippen molar-refractivity contribution in [3.05, 3.63) is 47.6 Å². The van der Waals surface area contributed by atoms with Gasteiger partial charge in [0.1, 0.15) is 0 Å². The summed E-state index contributed by atoms with van der Waals surface area (Å²) in [6.45, 7) is 4.76. The number of benzene rings is 1. The van der Waals surface area contributed by atoms with Gasteiger partial charge in [0.05, 0.1) is 5.25 Å². The molecule has 3 aromatic rings. The zero-order valence-electron chi connectivity index (χ0n) is 12.9. The maximum atomic E-state index is 5.26. The number of thioether (sulfide) groups is 1. The second kappa shape index (κ2) is 7.56. The Balaban J connectivity index is 1.56. The molecule has 0 spiro atoms. The number of rotatable bonds is 7. The lowest BCUT2D eigenvalue weighted by molar-refractivity contribution is 0.375. The van der Waals surface area contributed by atoms with Crippen LogP contribution in [0.2, 0.25) is 0 Å². The van der Waals surface area contributed by atoms with Crippen LogP contribution < -0.4 is 5.32 Å². The Morgan fingerprint density at radius 1 is 1.26 bits per heavy atom. The molecule has 0 bridgehead atoms. The molecular formula is C15H17N5OS2. The van der Waals surface area contributed by atoms with E-state index in [-0.39, 0.29) is 5.25 Å². The maximum absolute atomic E-state index is 5.26. The third-order valence-electron chi connectivity index (χ3n) is 3.12. The minimum atomic E-state index is 0.0534. The molecule has 1 N–H and O–H groups in total. The average Bonchev–Trinajstić information content (AvgIpc) is 3.23. The van der Waals surface area contributed by atoms with Crippen molar-refractivity contribution in [2.75, 3.05) is 5.32 Å². The fourth-order valence-corrected chi connectivity index (χ4v) is 3.80. The molecule has 0 amide bonds. The van der Waals surface area contributed by atoms with E-state index in [0.29, 0.717) is 5.89 Å². The first kappa shape index (κ1) is 15.9. The molecule has 1 atom stereocenters. The van der Waals surface area contributed by atoms with Crippen LogP contribution in [0.25, 0.3) is 0 Å². The Morgan fingerprint density at radius 2 is 2.09 bits per heavy atom. The predicted octanol–water partition coefficient (Wildman–Crippen LogP) is 3.95. The lowest BCUT2D eigenvalue weighted by Gasteiger charge is -2.02. The Morgan fingerprint density at radius 3 is 2.83 bits per heavy atom. The van der Waals surface area contributed by atoms with Gasteiger partial charge in [0, 0.05) is 13.0 Å². The number of hydrogen-bond donors (Lipinski definition) is 1. The summed E-state index contributed by atoms with van der Waals surface area (Å²) in [5, 5.41) is 16.4. The molecular weight excluding hydrogens is 330 g/mol. The summed E-state index contributed by atoms with van der Waals surface area (Å²) >= 11 is 3.10. The van der Waals surface area contributed by atoms with Gasteiger partial charge >= 0.3 is 0 Å². The summed E-state index contributed by atoms with van der Waals surface area (Å²) < 4.78 is 6.14. The molecule has 0 aliphatic rings. The van der Waals surface area contributed by atoms with E-state index in [2.05, 4.69) is 37.8 Å². The quantitative estimate of drug-likeness (QED) is 0.648. The van der Waals surface area contributed by atoms with Gasteiger partial charge < -0.3 is 9.84 Å². The summed E-state index contributed by atoms with van der Waals surface area (Å²) in [4.78, 5) is 4.35. The van der Waals surface area contributed by atoms with Gasteiger partial charge in [-0.3, -0.25) is 0 Å². The SMILES string of the molecule is CCc1noc(C(C)Sc2nnc(NCc3ccccc3)s2)n1. The minimum absolute atomic E-state index is 0.0534. The van der Waals surface area contributed by atoms with Gasteiger partial charge in [-0.15, -0.1) is 10.2 Å². The average molecular weight is 347 g/mol. The van der Waals surface area contributed by atoms with Crippen molar-refractivity contribution in [2.24, 2.45) is 0 Å². The van der Waals surface area contributed by atoms with Crippen molar-refractivity contribution in [2.45, 2.75) is 36.4 Å². The summed E-state index contributed by atoms with van der Waals surface area (Å²) in [6.07, 6.45) is 0.771. The Hall–Kier alpha value is -1.93. The lowest BCUT2D eigenvalue weighted by Crippen LogP contribution is -1.98. The Kier molecular flexibility index (Phi) is 5.24. The molecule has 0 saturated heterocycles. The largest absolute Gasteiger partial charge is 0.356 e. The Labute approximate surface area is 142 Å². The number of hydrogen-bond acceptors (Lipinski definition) is 8. The van der Waals surface area contributed by atoms with Crippen LogP contribution in [0.1, 0.15) is 36.4 Å². The van der Waals surface area contributed by atoms with Crippen LogP contribution in [0.3, 0.4) is 0 Å². The molecule has 0 aliphatic carbocycles. The fraction of sp³-hybridized carbons (Fsp3) is 0.333. The number of nitrogens with one attached hydrogen (secondary N) is 1. The van der Waals surface area contributed by atoms with Crippen LogP contribution >= 0.6 is 23.1 Å². The number of aryl methyl sites for hydroxylation is 1. The van der Waals surface area contributed by atoms with E-state index in [1.165, 1.54) is 16.9 Å². The summed E-state index contributed by atoms with van der Waals surface area (Å²) in [7, 11) is 0. The summed E-state index contributed by atoms with van der Waals surface area (Å²) in [5.41, 5.74) is 1.21. The zero-order valence-corrected chi connectivity index (χ0v) is 14.5. The third-order valence-corrected chi connectivity index (χ3v) is 5.17. The topological polar surface area (TPSA) is 76.7 Å². The molecule has 6 nitrogen and oxygen atoms in total. The molecule has 2 aromatic heterocycles. The smallest absolute Gasteiger partial charge is 0.239 e. The fourth-order valence-electron chi connectivity index (χ4n) is 1.88. The van der Waals surface area contributed by atoms with E-state index >= 15 is 0 Å². The second-order valence-electron chi connectivity index (χ2n) is 4.87. The van der Waals surface area contributed by atoms with Crippen molar-refractivity contribution in [1.29, 1.82) is 0 Å². The molecule has 0 aliphatic heterocycles. The van der Waals surface area contributed by atoms with Crippen molar-refractivity contribution in [3.8, 4) is 0 Å². The highest BCUT2D eigenvalue weighted by Crippen LogP contribution is 2.36. The lowest BCUT2D eigenvalue weighted by atomic mass is 10.2. The molecule has 1 unspecified atom stereocenters. The van der Waals surface area contributed by atoms with Gasteiger partial charge in [0.15, 0.2) is 10.2 Å². The van der Waals surface area contributed by atoms with Crippen molar-refractivity contribution in [3.63, 3.8) is 0 Å². The van der Waals surface area contributed by atoms with Crippen LogP contribution in [0.4, 0.5) is 5.13 Å². The number of nitrogens with zero attached hydrogens (tertiary/aromatic N) is 4. The van der Waals surface area contributed by atoms with Crippen LogP contribution in [-0.2, 0) is 13.0 Å². The molecule has 0 radical (unpaired) electrons. The van der Waals surface area contributed by atoms with Crippen LogP contribution in [0.15, 0.2) is 39.2 Å². The number of aromatic nitrogens is 4. The molecule has 23 heavy (non-hydrogen) atoms. The summed E-state index contributed by atoms with van der Waals surface area (Å²) in [6, 6.07) is 10.2. The van der Waals surface area contributed by atoms with Gasteiger partial charge in [-0.05, 0) is 12.5 Å². The standard InChI is InChI=1S/C15H17N5OS2/c1-3-12-17-13(21-20-12)10(2)22-15-19-18-14(23-15)16-9-11-7-5-4-6-8-11/h4-8,10H,3,9H2,1-2H3,(H,16,18). The highest BCUT2D eigenvalue weighted by Gasteiger charge is 2.17. The van der Waals surface area contributed by atoms with Gasteiger partial charge in [-0.1, -0.05) is 65.5 Å². The van der Waals surface area contributed by atoms with Gasteiger partial charge in [0.25, 0.3) is 0 Å². The van der Waals surface area contributed by atoms with Crippen LogP contribution in [0, 0.1) is 0 Å². The van der Waals surface area contributed by atoms with Gasteiger partial charge in [-0.2, -0.15) is 4.98 Å². The predicted molar refractivity (Wildman–Crippen MR) is 91.6 cm³/mol. The van der Waals surface area contributed by atoms with E-state index in [0.717, 1.165) is 28.3 Å². The maximum Gasteiger partial charge on any atom is 0.239 e. The zero-order chi connectivity index (χ0) is 16.1. The van der Waals surface area contributed by atoms with E-state index in [1.807, 2.05) is 32.0 Å². The first-order chi connectivity index (χ1) is 11.2. The summed E-state index contributed by atoms with van der Waals surface area (Å²) in [5.74, 6) is 1.36. The van der Waals surface area contributed by atoms with Crippen LogP contribution in [0.5, 0.6) is 0 Å². The second-order valence-corrected chi connectivity index (χ2v) is 7.44. The molecule has 1 aromatic carbocycles. The van der Waals surface area contributed by atoms with Gasteiger partial charge in [0.2, 0.25) is 11.0 Å². The van der Waals surface area contributed by atoms with E-state index in [9.17, 15) is 0 Å². The molecule has 0 saturated carbocycles. The highest BCUT2D eigenvalue weighted by molar-refractivity contribution is 8.01. The normalized spacial score (nSPS) is 12.3. The molecule has 120 valence electrons. The van der Waals surface area contributed by atoms with Crippen molar-refractivity contribution >= 4 is 28.2 Å². The molecule has 8 heteroatoms. The highest BCUT2D eigenvalue weighted by atomic mass is 32.2. The van der Waals surface area contributed by atoms with E-state index in [4.69, 9.17) is 4.52 Å². The van der Waals surface area contributed by atoms with Crippen molar-refractivity contribution < 1.29 is 4.52 Å². The van der Waals surface area contributed by atoms with Crippen molar-refractivity contribution in [1.82, 2.24) is 20.3 Å². The molecule has 2 heterocycles. The van der Waals surface area contributed by atoms with Crippen LogP contribution in [-0.4, -0.2) is 20.3 Å². The number of anilines is 1. The third kappa shape index (κ3) is 4.29. The Bertz CT molecular complexity index is 743. The molecule has 0 fully saturated rings. The monoisotopic (exact) mass is 347 g/mol. The first-order valence-corrected chi connectivity index (χ1v) is 9.04. The molecule has 3 rings (SSSR count). The first-order valence-electron chi connectivity index (χ1n) is 7.35. The minimum Gasteiger partial charge on any atom is -0.356 e. The van der Waals surface area contributed by atoms with E-state index in [1.54, 1.807) is 11.8 Å². The van der Waals surface area contributed by atoms with Gasteiger partial charge in [-0.25, -0.2) is 0 Å². The van der Waals surface area contributed by atoms with E-state index < -0.39 is 0 Å².